The van der Waals surface area contributed by atoms with E-state index in [2.05, 4.69) is 35.3 Å². The zero-order chi connectivity index (χ0) is 14.0. The van der Waals surface area contributed by atoms with E-state index in [9.17, 15) is 0 Å². The number of nitrogens with one attached hydrogen (secondary N) is 1. The molecule has 0 aliphatic heterocycles. The Morgan fingerprint density at radius 1 is 1.26 bits per heavy atom. The number of aryl methyl sites for hydroxylation is 1. The van der Waals surface area contributed by atoms with Crippen LogP contribution in [-0.2, 0) is 0 Å². The second kappa shape index (κ2) is 5.72. The average molecular weight is 279 g/mol. The largest absolute Gasteiger partial charge is 0.308 e. The van der Waals surface area contributed by atoms with Gasteiger partial charge in [-0.15, -0.1) is 0 Å². The molecule has 0 saturated carbocycles. The lowest BCUT2D eigenvalue weighted by atomic mass is 10.0. The number of rotatable bonds is 4. The fourth-order valence-electron chi connectivity index (χ4n) is 2.23. The lowest BCUT2D eigenvalue weighted by molar-refractivity contribution is 0.484. The summed E-state index contributed by atoms with van der Waals surface area (Å²) in [5, 5.41) is 8.33. The van der Waals surface area contributed by atoms with Crippen molar-refractivity contribution in [3.8, 4) is 0 Å². The van der Waals surface area contributed by atoms with Crippen molar-refractivity contribution in [1.82, 2.24) is 20.1 Å². The second-order valence-corrected chi connectivity index (χ2v) is 5.34. The molecule has 5 heteroatoms. The van der Waals surface area contributed by atoms with Crippen LogP contribution in [0.3, 0.4) is 0 Å². The van der Waals surface area contributed by atoms with Crippen LogP contribution in [0.4, 0.5) is 0 Å². The van der Waals surface area contributed by atoms with Gasteiger partial charge in [0.2, 0.25) is 0 Å². The quantitative estimate of drug-likeness (QED) is 0.934. The van der Waals surface area contributed by atoms with E-state index in [0.717, 1.165) is 16.8 Å². The minimum atomic E-state index is -0.00944. The van der Waals surface area contributed by atoms with E-state index in [1.54, 1.807) is 6.20 Å². The highest BCUT2D eigenvalue weighted by molar-refractivity contribution is 6.31. The van der Waals surface area contributed by atoms with Crippen molar-refractivity contribution >= 4 is 11.6 Å². The lowest BCUT2D eigenvalue weighted by Crippen LogP contribution is -2.23. The molecule has 2 rings (SSSR count). The van der Waals surface area contributed by atoms with E-state index >= 15 is 0 Å². The third kappa shape index (κ3) is 2.80. The van der Waals surface area contributed by atoms with Gasteiger partial charge in [0, 0.05) is 18.4 Å². The Hall–Kier alpha value is -1.39. The van der Waals surface area contributed by atoms with E-state index in [1.165, 1.54) is 0 Å². The maximum Gasteiger partial charge on any atom is 0.0837 e. The third-order valence-corrected chi connectivity index (χ3v) is 3.36. The van der Waals surface area contributed by atoms with Crippen LogP contribution in [0, 0.1) is 6.92 Å². The van der Waals surface area contributed by atoms with Crippen LogP contribution in [0.25, 0.3) is 0 Å². The molecule has 0 aliphatic rings. The summed E-state index contributed by atoms with van der Waals surface area (Å²) in [6.45, 7) is 6.21. The molecule has 2 heterocycles. The molecular formula is C14H19ClN4. The fourth-order valence-corrected chi connectivity index (χ4v) is 2.47. The van der Waals surface area contributed by atoms with Gasteiger partial charge in [0.05, 0.1) is 23.0 Å². The molecule has 2 aromatic heterocycles. The van der Waals surface area contributed by atoms with E-state index in [-0.39, 0.29) is 12.1 Å². The minimum absolute atomic E-state index is 0.00944. The summed E-state index contributed by atoms with van der Waals surface area (Å²) >= 11 is 6.31. The Morgan fingerprint density at radius 3 is 2.58 bits per heavy atom. The van der Waals surface area contributed by atoms with Crippen LogP contribution < -0.4 is 5.32 Å². The van der Waals surface area contributed by atoms with E-state index in [4.69, 9.17) is 11.6 Å². The van der Waals surface area contributed by atoms with Gasteiger partial charge in [0.1, 0.15) is 0 Å². The smallest absolute Gasteiger partial charge is 0.0837 e. The van der Waals surface area contributed by atoms with Gasteiger partial charge in [-0.1, -0.05) is 17.7 Å². The Bertz CT molecular complexity index is 562. The SMILES string of the molecule is CNC(c1cncc(C)c1)c1c(Cl)cnn1C(C)C. The number of hydrogen-bond donors (Lipinski definition) is 1. The molecule has 0 fully saturated rings. The predicted octanol–water partition coefficient (Wildman–Crippen LogP) is 3.13. The molecule has 1 atom stereocenters. The van der Waals surface area contributed by atoms with Crippen LogP contribution >= 0.6 is 11.6 Å². The molecule has 1 N–H and O–H groups in total. The summed E-state index contributed by atoms with van der Waals surface area (Å²) < 4.78 is 1.95. The zero-order valence-corrected chi connectivity index (χ0v) is 12.4. The normalized spacial score (nSPS) is 12.9. The first-order chi connectivity index (χ1) is 9.04. The van der Waals surface area contributed by atoms with Crippen LogP contribution in [0.15, 0.2) is 24.7 Å². The predicted molar refractivity (Wildman–Crippen MR) is 77.5 cm³/mol. The first-order valence-electron chi connectivity index (χ1n) is 6.36. The summed E-state index contributed by atoms with van der Waals surface area (Å²) in [5.74, 6) is 0. The Kier molecular flexibility index (Phi) is 4.22. The summed E-state index contributed by atoms with van der Waals surface area (Å²) in [4.78, 5) is 4.25. The second-order valence-electron chi connectivity index (χ2n) is 4.93. The molecular weight excluding hydrogens is 260 g/mol. The summed E-state index contributed by atoms with van der Waals surface area (Å²) in [7, 11) is 1.92. The van der Waals surface area contributed by atoms with Gasteiger partial charge in [-0.25, -0.2) is 0 Å². The molecule has 0 amide bonds. The molecule has 0 spiro atoms. The number of aromatic nitrogens is 3. The number of hydrogen-bond acceptors (Lipinski definition) is 3. The highest BCUT2D eigenvalue weighted by Crippen LogP contribution is 2.29. The Balaban J connectivity index is 2.51. The monoisotopic (exact) mass is 278 g/mol. The van der Waals surface area contributed by atoms with Crippen molar-refractivity contribution in [3.05, 3.63) is 46.5 Å². The van der Waals surface area contributed by atoms with Gasteiger partial charge in [0.15, 0.2) is 0 Å². The highest BCUT2D eigenvalue weighted by atomic mass is 35.5. The molecule has 0 aromatic carbocycles. The van der Waals surface area contributed by atoms with Gasteiger partial charge < -0.3 is 5.32 Å². The van der Waals surface area contributed by atoms with Gasteiger partial charge in [0.25, 0.3) is 0 Å². The molecule has 102 valence electrons. The Labute approximate surface area is 118 Å². The van der Waals surface area contributed by atoms with Crippen LogP contribution in [-0.4, -0.2) is 21.8 Å². The number of nitrogens with zero attached hydrogens (tertiary/aromatic N) is 3. The van der Waals surface area contributed by atoms with Crippen molar-refractivity contribution in [2.24, 2.45) is 0 Å². The summed E-state index contributed by atoms with van der Waals surface area (Å²) in [6.07, 6.45) is 5.41. The maximum atomic E-state index is 6.31. The molecule has 19 heavy (non-hydrogen) atoms. The van der Waals surface area contributed by atoms with Crippen molar-refractivity contribution < 1.29 is 0 Å². The molecule has 0 saturated heterocycles. The van der Waals surface area contributed by atoms with Gasteiger partial charge in [-0.2, -0.15) is 5.10 Å². The molecule has 0 aliphatic carbocycles. The number of halogens is 1. The molecule has 0 radical (unpaired) electrons. The average Bonchev–Trinajstić information content (AvgIpc) is 2.73. The molecule has 1 unspecified atom stereocenters. The first kappa shape index (κ1) is 14.0. The first-order valence-corrected chi connectivity index (χ1v) is 6.74. The zero-order valence-electron chi connectivity index (χ0n) is 11.7. The van der Waals surface area contributed by atoms with Crippen LogP contribution in [0.2, 0.25) is 5.02 Å². The molecule has 2 aromatic rings. The fraction of sp³-hybridized carbons (Fsp3) is 0.429. The highest BCUT2D eigenvalue weighted by Gasteiger charge is 2.22. The van der Waals surface area contributed by atoms with Gasteiger partial charge in [-0.3, -0.25) is 9.67 Å². The van der Waals surface area contributed by atoms with Crippen molar-refractivity contribution in [2.75, 3.05) is 7.05 Å². The summed E-state index contributed by atoms with van der Waals surface area (Å²) in [5.41, 5.74) is 3.20. The van der Waals surface area contributed by atoms with Gasteiger partial charge in [-0.05, 0) is 38.9 Å². The van der Waals surface area contributed by atoms with Crippen LogP contribution in [0.5, 0.6) is 0 Å². The third-order valence-electron chi connectivity index (χ3n) is 3.07. The number of pyridine rings is 1. The Morgan fingerprint density at radius 2 is 2.00 bits per heavy atom. The standard InChI is InChI=1S/C14H19ClN4/c1-9(2)19-14(12(15)8-18-19)13(16-4)11-5-10(3)6-17-7-11/h5-9,13,16H,1-4H3. The van der Waals surface area contributed by atoms with Crippen molar-refractivity contribution in [1.29, 1.82) is 0 Å². The molecule has 4 nitrogen and oxygen atoms in total. The molecule has 0 bridgehead atoms. The maximum absolute atomic E-state index is 6.31. The minimum Gasteiger partial charge on any atom is -0.308 e. The van der Waals surface area contributed by atoms with Crippen LogP contribution in [0.1, 0.15) is 42.8 Å². The van der Waals surface area contributed by atoms with Crippen molar-refractivity contribution in [3.63, 3.8) is 0 Å². The lowest BCUT2D eigenvalue weighted by Gasteiger charge is -2.21. The topological polar surface area (TPSA) is 42.7 Å². The van der Waals surface area contributed by atoms with E-state index in [1.807, 2.05) is 31.0 Å². The van der Waals surface area contributed by atoms with Gasteiger partial charge >= 0.3 is 0 Å². The van der Waals surface area contributed by atoms with E-state index < -0.39 is 0 Å². The van der Waals surface area contributed by atoms with E-state index in [0.29, 0.717) is 5.02 Å². The van der Waals surface area contributed by atoms with Crippen molar-refractivity contribution in [2.45, 2.75) is 32.9 Å². The summed E-state index contributed by atoms with van der Waals surface area (Å²) in [6, 6.07) is 2.36.